The molecule has 1 unspecified atom stereocenters. The summed E-state index contributed by atoms with van der Waals surface area (Å²) in [6, 6.07) is 9.13. The summed E-state index contributed by atoms with van der Waals surface area (Å²) in [5.41, 5.74) is 1.36. The molecule has 3 rings (SSSR count). The summed E-state index contributed by atoms with van der Waals surface area (Å²) >= 11 is 0. The van der Waals surface area contributed by atoms with Crippen molar-refractivity contribution in [1.82, 2.24) is 4.90 Å². The third kappa shape index (κ3) is 2.77. The van der Waals surface area contributed by atoms with E-state index in [1.807, 2.05) is 6.07 Å². The number of ether oxygens (including phenoxy) is 1. The first-order chi connectivity index (χ1) is 9.38. The molecule has 1 aromatic rings. The van der Waals surface area contributed by atoms with Crippen LogP contribution in [0.1, 0.15) is 37.2 Å². The van der Waals surface area contributed by atoms with Crippen LogP contribution in [-0.2, 0) is 0 Å². The first-order valence-corrected chi connectivity index (χ1v) is 7.45. The molecule has 0 saturated heterocycles. The predicted octanol–water partition coefficient (Wildman–Crippen LogP) is 2.40. The van der Waals surface area contributed by atoms with E-state index >= 15 is 0 Å². The molecule has 3 nitrogen and oxygen atoms in total. The van der Waals surface area contributed by atoms with Gasteiger partial charge >= 0.3 is 0 Å². The van der Waals surface area contributed by atoms with Gasteiger partial charge in [-0.15, -0.1) is 0 Å². The number of aliphatic hydroxyl groups is 1. The molecule has 1 N–H and O–H groups in total. The molecule has 3 heteroatoms. The van der Waals surface area contributed by atoms with E-state index in [4.69, 9.17) is 9.84 Å². The molecule has 0 spiro atoms. The second-order valence-electron chi connectivity index (χ2n) is 5.70. The fraction of sp³-hybridized carbons (Fsp3) is 0.625. The number of para-hydroxylation sites is 1. The van der Waals surface area contributed by atoms with E-state index in [9.17, 15) is 0 Å². The minimum absolute atomic E-state index is 0.293. The van der Waals surface area contributed by atoms with Gasteiger partial charge in [-0.3, -0.25) is 4.90 Å². The Kier molecular flexibility index (Phi) is 4.04. The van der Waals surface area contributed by atoms with Gasteiger partial charge in [0.2, 0.25) is 0 Å². The lowest BCUT2D eigenvalue weighted by Gasteiger charge is -2.38. The Balaban J connectivity index is 1.65. The average Bonchev–Trinajstić information content (AvgIpc) is 2.77. The lowest BCUT2D eigenvalue weighted by atomic mass is 9.90. The molecule has 0 aromatic heterocycles. The zero-order valence-electron chi connectivity index (χ0n) is 11.4. The van der Waals surface area contributed by atoms with Crippen LogP contribution in [-0.4, -0.2) is 42.4 Å². The maximum atomic E-state index is 9.05. The first kappa shape index (κ1) is 12.9. The van der Waals surface area contributed by atoms with E-state index in [-0.39, 0.29) is 0 Å². The number of fused-ring (bicyclic) bond motifs is 1. The molecular formula is C16H23NO2. The Morgan fingerprint density at radius 3 is 2.84 bits per heavy atom. The average molecular weight is 261 g/mol. The van der Waals surface area contributed by atoms with Crippen LogP contribution in [0.4, 0.5) is 0 Å². The highest BCUT2D eigenvalue weighted by molar-refractivity contribution is 5.39. The molecule has 2 aliphatic rings. The summed E-state index contributed by atoms with van der Waals surface area (Å²) < 4.78 is 5.77. The zero-order chi connectivity index (χ0) is 13.1. The van der Waals surface area contributed by atoms with Crippen LogP contribution in [0.2, 0.25) is 0 Å². The number of hydrogen-bond donors (Lipinski definition) is 1. The summed E-state index contributed by atoms with van der Waals surface area (Å²) in [5.74, 6) is 1.55. The third-order valence-corrected chi connectivity index (χ3v) is 4.45. The van der Waals surface area contributed by atoms with Gasteiger partial charge in [0.15, 0.2) is 0 Å². The van der Waals surface area contributed by atoms with Crippen LogP contribution >= 0.6 is 0 Å². The van der Waals surface area contributed by atoms with Crippen molar-refractivity contribution < 1.29 is 9.84 Å². The van der Waals surface area contributed by atoms with Crippen LogP contribution in [0.25, 0.3) is 0 Å². The van der Waals surface area contributed by atoms with Crippen LogP contribution < -0.4 is 4.74 Å². The summed E-state index contributed by atoms with van der Waals surface area (Å²) in [7, 11) is 0. The summed E-state index contributed by atoms with van der Waals surface area (Å²) in [4.78, 5) is 2.57. The molecule has 104 valence electrons. The standard InChI is InChI=1S/C16H23NO2/c18-10-4-9-17(14-5-3-6-14)11-13-12-19-16-8-2-1-7-15(13)16/h1-2,7-8,13-14,18H,3-6,9-12H2. The molecule has 19 heavy (non-hydrogen) atoms. The summed E-state index contributed by atoms with van der Waals surface area (Å²) in [6.07, 6.45) is 4.88. The van der Waals surface area contributed by atoms with Gasteiger partial charge in [-0.05, 0) is 25.3 Å². The molecular weight excluding hydrogens is 238 g/mol. The largest absolute Gasteiger partial charge is 0.493 e. The fourth-order valence-electron chi connectivity index (χ4n) is 3.11. The Morgan fingerprint density at radius 1 is 1.26 bits per heavy atom. The summed E-state index contributed by atoms with van der Waals surface area (Å²) in [6.45, 7) is 3.18. The lowest BCUT2D eigenvalue weighted by Crippen LogP contribution is -2.43. The van der Waals surface area contributed by atoms with Gasteiger partial charge in [-0.1, -0.05) is 24.6 Å². The quantitative estimate of drug-likeness (QED) is 0.853. The van der Waals surface area contributed by atoms with Crippen molar-refractivity contribution >= 4 is 0 Å². The first-order valence-electron chi connectivity index (χ1n) is 7.45. The smallest absolute Gasteiger partial charge is 0.122 e. The van der Waals surface area contributed by atoms with Crippen molar-refractivity contribution in [2.24, 2.45) is 0 Å². The molecule has 1 aliphatic carbocycles. The van der Waals surface area contributed by atoms with E-state index < -0.39 is 0 Å². The second-order valence-corrected chi connectivity index (χ2v) is 5.70. The Bertz CT molecular complexity index is 417. The van der Waals surface area contributed by atoms with Crippen molar-refractivity contribution in [3.05, 3.63) is 29.8 Å². The number of aliphatic hydroxyl groups excluding tert-OH is 1. The Labute approximate surface area is 115 Å². The van der Waals surface area contributed by atoms with Crippen LogP contribution in [0.15, 0.2) is 24.3 Å². The van der Waals surface area contributed by atoms with Crippen LogP contribution in [0, 0.1) is 0 Å². The normalized spacial score (nSPS) is 22.1. The number of benzene rings is 1. The van der Waals surface area contributed by atoms with E-state index in [1.165, 1.54) is 24.8 Å². The topological polar surface area (TPSA) is 32.7 Å². The van der Waals surface area contributed by atoms with Crippen LogP contribution in [0.3, 0.4) is 0 Å². The molecule has 1 fully saturated rings. The minimum Gasteiger partial charge on any atom is -0.493 e. The summed E-state index contributed by atoms with van der Waals surface area (Å²) in [5, 5.41) is 9.05. The molecule has 1 aliphatic heterocycles. The lowest BCUT2D eigenvalue weighted by molar-refractivity contribution is 0.105. The molecule has 1 atom stereocenters. The van der Waals surface area contributed by atoms with Crippen molar-refractivity contribution in [1.29, 1.82) is 0 Å². The third-order valence-electron chi connectivity index (χ3n) is 4.45. The number of nitrogens with zero attached hydrogens (tertiary/aromatic N) is 1. The zero-order valence-corrected chi connectivity index (χ0v) is 11.4. The van der Waals surface area contributed by atoms with Crippen LogP contribution in [0.5, 0.6) is 5.75 Å². The Hall–Kier alpha value is -1.06. The highest BCUT2D eigenvalue weighted by Gasteiger charge is 2.30. The monoisotopic (exact) mass is 261 g/mol. The molecule has 1 heterocycles. The van der Waals surface area contributed by atoms with E-state index in [2.05, 4.69) is 23.1 Å². The highest BCUT2D eigenvalue weighted by Crippen LogP contribution is 2.35. The van der Waals surface area contributed by atoms with Gasteiger partial charge in [0.05, 0.1) is 6.61 Å². The van der Waals surface area contributed by atoms with E-state index in [0.29, 0.717) is 12.5 Å². The molecule has 1 saturated carbocycles. The SMILES string of the molecule is OCCCN(CC1COc2ccccc21)C1CCC1. The molecule has 0 radical (unpaired) electrons. The van der Waals surface area contributed by atoms with Gasteiger partial charge in [-0.2, -0.15) is 0 Å². The molecule has 0 bridgehead atoms. The maximum Gasteiger partial charge on any atom is 0.122 e. The van der Waals surface area contributed by atoms with Gasteiger partial charge in [0, 0.05) is 37.2 Å². The van der Waals surface area contributed by atoms with Gasteiger partial charge < -0.3 is 9.84 Å². The van der Waals surface area contributed by atoms with Gasteiger partial charge in [0.25, 0.3) is 0 Å². The Morgan fingerprint density at radius 2 is 2.11 bits per heavy atom. The minimum atomic E-state index is 0.293. The predicted molar refractivity (Wildman–Crippen MR) is 75.6 cm³/mol. The van der Waals surface area contributed by atoms with Crippen molar-refractivity contribution in [3.8, 4) is 5.75 Å². The maximum absolute atomic E-state index is 9.05. The van der Waals surface area contributed by atoms with Crippen molar-refractivity contribution in [2.75, 3.05) is 26.3 Å². The van der Waals surface area contributed by atoms with Crippen molar-refractivity contribution in [3.63, 3.8) is 0 Å². The second kappa shape index (κ2) is 5.93. The fourth-order valence-corrected chi connectivity index (χ4v) is 3.11. The van der Waals surface area contributed by atoms with Crippen molar-refractivity contribution in [2.45, 2.75) is 37.6 Å². The number of hydrogen-bond acceptors (Lipinski definition) is 3. The van der Waals surface area contributed by atoms with E-state index in [1.54, 1.807) is 0 Å². The molecule has 1 aromatic carbocycles. The highest BCUT2D eigenvalue weighted by atomic mass is 16.5. The van der Waals surface area contributed by atoms with Gasteiger partial charge in [0.1, 0.15) is 5.75 Å². The van der Waals surface area contributed by atoms with Gasteiger partial charge in [-0.25, -0.2) is 0 Å². The molecule has 0 amide bonds. The number of rotatable bonds is 6. The van der Waals surface area contributed by atoms with E-state index in [0.717, 1.165) is 37.9 Å².